The van der Waals surface area contributed by atoms with Gasteiger partial charge in [-0.05, 0) is 67.6 Å². The van der Waals surface area contributed by atoms with Crippen LogP contribution in [0.15, 0.2) is 42.5 Å². The topological polar surface area (TPSA) is 84.5 Å². The van der Waals surface area contributed by atoms with Gasteiger partial charge in [-0.3, -0.25) is 14.4 Å². The molecule has 0 spiro atoms. The molecule has 1 aliphatic heterocycles. The van der Waals surface area contributed by atoms with Crippen molar-refractivity contribution < 1.29 is 19.1 Å². The van der Waals surface area contributed by atoms with Crippen molar-refractivity contribution in [2.24, 2.45) is 23.7 Å². The molecule has 2 aromatic rings. The van der Waals surface area contributed by atoms with Crippen LogP contribution in [0.2, 0.25) is 0 Å². The zero-order chi connectivity index (χ0) is 21.9. The van der Waals surface area contributed by atoms with Gasteiger partial charge in [0, 0.05) is 22.9 Å². The van der Waals surface area contributed by atoms with Crippen molar-refractivity contribution in [3.63, 3.8) is 0 Å². The van der Waals surface area contributed by atoms with Crippen LogP contribution in [-0.2, 0) is 14.3 Å². The van der Waals surface area contributed by atoms with E-state index in [2.05, 4.69) is 26.6 Å². The van der Waals surface area contributed by atoms with Crippen molar-refractivity contribution >= 4 is 45.1 Å². The lowest BCUT2D eigenvalue weighted by molar-refractivity contribution is -0.145. The molecule has 2 amide bonds. The third-order valence-electron chi connectivity index (χ3n) is 7.09. The van der Waals surface area contributed by atoms with E-state index in [9.17, 15) is 14.4 Å². The number of nitrogens with one attached hydrogen (secondary N) is 2. The van der Waals surface area contributed by atoms with Crippen molar-refractivity contribution in [3.8, 4) is 0 Å². The molecule has 7 heteroatoms. The lowest BCUT2D eigenvalue weighted by Crippen LogP contribution is -2.40. The van der Waals surface area contributed by atoms with E-state index < -0.39 is 0 Å². The summed E-state index contributed by atoms with van der Waals surface area (Å²) in [4.78, 5) is 37.9. The molecule has 2 N–H and O–H groups in total. The first-order chi connectivity index (χ1) is 14.8. The molecule has 0 unspecified atom stereocenters. The number of carbonyl (C=O) groups excluding carboxylic acids is 3. The fraction of sp³-hybridized carbons (Fsp3) is 0.375. The summed E-state index contributed by atoms with van der Waals surface area (Å²) in [6.45, 7) is 3.97. The Kier molecular flexibility index (Phi) is 4.88. The molecule has 2 bridgehead atoms. The number of alkyl halides is 1. The maximum Gasteiger partial charge on any atom is 0.310 e. The number of anilines is 2. The zero-order valence-electron chi connectivity index (χ0n) is 17.2. The minimum Gasteiger partial charge on any atom is -0.461 e. The molecule has 1 heterocycles. The van der Waals surface area contributed by atoms with Crippen molar-refractivity contribution in [2.75, 3.05) is 10.6 Å². The van der Waals surface area contributed by atoms with E-state index in [0.29, 0.717) is 11.3 Å². The minimum atomic E-state index is -0.382. The number of rotatable bonds is 4. The van der Waals surface area contributed by atoms with E-state index in [1.54, 1.807) is 24.3 Å². The fourth-order valence-corrected chi connectivity index (χ4v) is 6.39. The predicted octanol–water partition coefficient (Wildman–Crippen LogP) is 4.07. The molecule has 6 atom stereocenters. The Balaban J connectivity index is 1.26. The van der Waals surface area contributed by atoms with Crippen LogP contribution in [0.1, 0.15) is 27.9 Å². The molecule has 1 saturated heterocycles. The van der Waals surface area contributed by atoms with Gasteiger partial charge in [0.2, 0.25) is 5.91 Å². The van der Waals surface area contributed by atoms with E-state index in [1.807, 2.05) is 32.0 Å². The molecule has 2 saturated carbocycles. The molecule has 2 aromatic carbocycles. The van der Waals surface area contributed by atoms with E-state index in [-0.39, 0.29) is 52.4 Å². The number of hydrogen-bond donors (Lipinski definition) is 2. The standard InChI is InChI=1S/C24H23BrN2O4/c1-11-4-3-5-17(12(11)2)27-22(28)13-6-8-14(9-7-13)26-23(29)18-15-10-16-19(18)24(30)31-21(16)20(15)25/h3-9,15-16,18-21H,10H2,1-2H3,(H,26,29)(H,27,28)/t15-,16-,18-,19-,20-,21+/m1/s1. The number of benzene rings is 2. The van der Waals surface area contributed by atoms with Crippen LogP contribution in [0.25, 0.3) is 0 Å². The third kappa shape index (κ3) is 3.26. The summed E-state index contributed by atoms with van der Waals surface area (Å²) in [6.07, 6.45) is 0.744. The van der Waals surface area contributed by atoms with Gasteiger partial charge < -0.3 is 15.4 Å². The van der Waals surface area contributed by atoms with Gasteiger partial charge in [0.15, 0.2) is 0 Å². The smallest absolute Gasteiger partial charge is 0.310 e. The summed E-state index contributed by atoms with van der Waals surface area (Å²) >= 11 is 3.63. The van der Waals surface area contributed by atoms with Gasteiger partial charge in [-0.1, -0.05) is 28.1 Å². The van der Waals surface area contributed by atoms with Gasteiger partial charge in [-0.2, -0.15) is 0 Å². The van der Waals surface area contributed by atoms with Gasteiger partial charge in [-0.25, -0.2) is 0 Å². The van der Waals surface area contributed by atoms with Gasteiger partial charge >= 0.3 is 5.97 Å². The fourth-order valence-electron chi connectivity index (χ4n) is 5.34. The van der Waals surface area contributed by atoms with Crippen LogP contribution in [0, 0.1) is 37.5 Å². The normalized spacial score (nSPS) is 30.2. The van der Waals surface area contributed by atoms with Gasteiger partial charge in [-0.15, -0.1) is 0 Å². The summed E-state index contributed by atoms with van der Waals surface area (Å²) in [7, 11) is 0. The van der Waals surface area contributed by atoms with E-state index >= 15 is 0 Å². The molecule has 31 heavy (non-hydrogen) atoms. The first kappa shape index (κ1) is 20.2. The van der Waals surface area contributed by atoms with Crippen LogP contribution in [0.5, 0.6) is 0 Å². The highest BCUT2D eigenvalue weighted by Crippen LogP contribution is 2.60. The quantitative estimate of drug-likeness (QED) is 0.508. The summed E-state index contributed by atoms with van der Waals surface area (Å²) in [6, 6.07) is 12.6. The van der Waals surface area contributed by atoms with Gasteiger partial charge in [0.05, 0.1) is 16.7 Å². The third-order valence-corrected chi connectivity index (χ3v) is 8.29. The maximum absolute atomic E-state index is 13.0. The van der Waals surface area contributed by atoms with E-state index in [1.165, 1.54) is 0 Å². The first-order valence-electron chi connectivity index (χ1n) is 10.5. The number of esters is 1. The lowest BCUT2D eigenvalue weighted by Gasteiger charge is -2.27. The van der Waals surface area contributed by atoms with Crippen LogP contribution >= 0.6 is 15.9 Å². The SMILES string of the molecule is Cc1cccc(NC(=O)c2ccc(NC(=O)[C@@H]3[C@H]4C[C@H]5[C@H](OC(=O)[C@H]53)[C@@H]4Br)cc2)c1C. The zero-order valence-corrected chi connectivity index (χ0v) is 18.8. The number of ether oxygens (including phenoxy) is 1. The Hall–Kier alpha value is -2.67. The average Bonchev–Trinajstić information content (AvgIpc) is 3.36. The van der Waals surface area contributed by atoms with Crippen LogP contribution in [-0.4, -0.2) is 28.7 Å². The molecule has 6 nitrogen and oxygen atoms in total. The Bertz CT molecular complexity index is 1080. The second-order valence-electron chi connectivity index (χ2n) is 8.73. The number of hydrogen-bond acceptors (Lipinski definition) is 4. The number of carbonyl (C=O) groups is 3. The number of aryl methyl sites for hydroxylation is 1. The summed E-state index contributed by atoms with van der Waals surface area (Å²) in [5.41, 5.74) is 4.03. The summed E-state index contributed by atoms with van der Waals surface area (Å²) in [5.74, 6) is -1.10. The second kappa shape index (κ2) is 7.48. The molecule has 160 valence electrons. The summed E-state index contributed by atoms with van der Waals surface area (Å²) in [5, 5.41) is 5.86. The molecule has 0 aromatic heterocycles. The Morgan fingerprint density at radius 2 is 1.77 bits per heavy atom. The van der Waals surface area contributed by atoms with Crippen molar-refractivity contribution in [3.05, 3.63) is 59.2 Å². The minimum absolute atomic E-state index is 0.0344. The van der Waals surface area contributed by atoms with Gasteiger partial charge in [0.1, 0.15) is 6.10 Å². The highest BCUT2D eigenvalue weighted by molar-refractivity contribution is 9.09. The monoisotopic (exact) mass is 482 g/mol. The van der Waals surface area contributed by atoms with Crippen molar-refractivity contribution in [1.29, 1.82) is 0 Å². The molecular formula is C24H23BrN2O4. The van der Waals surface area contributed by atoms with Crippen molar-refractivity contribution in [1.82, 2.24) is 0 Å². The van der Waals surface area contributed by atoms with Crippen LogP contribution in [0.3, 0.4) is 0 Å². The Labute approximate surface area is 188 Å². The van der Waals surface area contributed by atoms with E-state index in [0.717, 1.165) is 23.2 Å². The largest absolute Gasteiger partial charge is 0.461 e. The number of amides is 2. The van der Waals surface area contributed by atoms with Crippen molar-refractivity contribution in [2.45, 2.75) is 31.2 Å². The molecule has 2 aliphatic carbocycles. The predicted molar refractivity (Wildman–Crippen MR) is 120 cm³/mol. The molecular weight excluding hydrogens is 460 g/mol. The highest BCUT2D eigenvalue weighted by Gasteiger charge is 2.67. The molecule has 3 aliphatic rings. The second-order valence-corrected chi connectivity index (χ2v) is 9.79. The van der Waals surface area contributed by atoms with Gasteiger partial charge in [0.25, 0.3) is 5.91 Å². The molecule has 3 fully saturated rings. The molecule has 0 radical (unpaired) electrons. The maximum atomic E-state index is 13.0. The summed E-state index contributed by atoms with van der Waals surface area (Å²) < 4.78 is 5.48. The lowest BCUT2D eigenvalue weighted by atomic mass is 9.79. The van der Waals surface area contributed by atoms with Crippen LogP contribution < -0.4 is 10.6 Å². The number of halogens is 1. The Morgan fingerprint density at radius 1 is 1.03 bits per heavy atom. The van der Waals surface area contributed by atoms with Crippen LogP contribution in [0.4, 0.5) is 11.4 Å². The Morgan fingerprint density at radius 3 is 2.52 bits per heavy atom. The molecule has 5 rings (SSSR count). The number of fused-ring (bicyclic) bond motifs is 1. The average molecular weight is 483 g/mol. The first-order valence-corrected chi connectivity index (χ1v) is 11.4. The van der Waals surface area contributed by atoms with E-state index in [4.69, 9.17) is 4.74 Å². The highest BCUT2D eigenvalue weighted by atomic mass is 79.9.